The van der Waals surface area contributed by atoms with Crippen LogP contribution in [0.3, 0.4) is 0 Å². The van der Waals surface area contributed by atoms with Gasteiger partial charge in [0.1, 0.15) is 6.61 Å². The third-order valence-corrected chi connectivity index (χ3v) is 2.47. The Labute approximate surface area is 94.7 Å². The molecule has 0 saturated heterocycles. The van der Waals surface area contributed by atoms with Gasteiger partial charge in [-0.25, -0.2) is 0 Å². The largest absolute Gasteiger partial charge is 0.496 e. The first kappa shape index (κ1) is 14.5. The maximum atomic E-state index is 5.57. The summed E-state index contributed by atoms with van der Waals surface area (Å²) in [7, 11) is 0. The summed E-state index contributed by atoms with van der Waals surface area (Å²) < 4.78 is 10.8. The van der Waals surface area contributed by atoms with Crippen molar-refractivity contribution >= 4 is 0 Å². The van der Waals surface area contributed by atoms with Gasteiger partial charge in [0.15, 0.2) is 0 Å². The Balaban J connectivity index is 3.33. The minimum Gasteiger partial charge on any atom is -0.496 e. The monoisotopic (exact) mass is 214 g/mol. The molecule has 0 aliphatic heterocycles. The third kappa shape index (κ3) is 9.80. The molecule has 0 amide bonds. The van der Waals surface area contributed by atoms with Gasteiger partial charge in [0.25, 0.3) is 0 Å². The molecule has 0 spiro atoms. The van der Waals surface area contributed by atoms with Gasteiger partial charge in [-0.05, 0) is 19.3 Å². The van der Waals surface area contributed by atoms with E-state index in [9.17, 15) is 0 Å². The fraction of sp³-hybridized carbons (Fsp3) is 0.846. The summed E-state index contributed by atoms with van der Waals surface area (Å²) in [6.07, 6.45) is 5.08. The molecule has 0 saturated carbocycles. The molecular formula is C13H26O2. The summed E-state index contributed by atoms with van der Waals surface area (Å²) >= 11 is 0. The molecule has 1 unspecified atom stereocenters. The molecule has 0 bridgehead atoms. The predicted molar refractivity (Wildman–Crippen MR) is 64.9 cm³/mol. The van der Waals surface area contributed by atoms with E-state index in [1.54, 1.807) is 0 Å². The number of hydrogen-bond acceptors (Lipinski definition) is 2. The average molecular weight is 214 g/mol. The second-order valence-corrected chi connectivity index (χ2v) is 4.04. The Morgan fingerprint density at radius 2 is 2.00 bits per heavy atom. The summed E-state index contributed by atoms with van der Waals surface area (Å²) in [6, 6.07) is 0. The zero-order chi connectivity index (χ0) is 11.5. The van der Waals surface area contributed by atoms with E-state index in [0.717, 1.165) is 18.3 Å². The lowest BCUT2D eigenvalue weighted by atomic mass is 10.0. The van der Waals surface area contributed by atoms with Gasteiger partial charge in [0.05, 0.1) is 12.4 Å². The maximum absolute atomic E-state index is 5.57. The standard InChI is InChI=1S/C13H26O2/c1-5-7-8-13(6-2)11-14-9-10-15-12(3)4/h13H,3,5-11H2,1-2,4H3. The van der Waals surface area contributed by atoms with Crippen LogP contribution in [0.1, 0.15) is 46.5 Å². The van der Waals surface area contributed by atoms with Gasteiger partial charge < -0.3 is 9.47 Å². The molecule has 15 heavy (non-hydrogen) atoms. The number of ether oxygens (including phenoxy) is 2. The lowest BCUT2D eigenvalue weighted by Gasteiger charge is -2.14. The average Bonchev–Trinajstić information content (AvgIpc) is 2.21. The van der Waals surface area contributed by atoms with Crippen molar-refractivity contribution < 1.29 is 9.47 Å². The quantitative estimate of drug-likeness (QED) is 0.407. The fourth-order valence-corrected chi connectivity index (χ4v) is 1.42. The van der Waals surface area contributed by atoms with Gasteiger partial charge in [0.2, 0.25) is 0 Å². The fourth-order valence-electron chi connectivity index (χ4n) is 1.42. The lowest BCUT2D eigenvalue weighted by molar-refractivity contribution is 0.0529. The SMILES string of the molecule is C=C(C)OCCOCC(CC)CCCC. The molecule has 0 N–H and O–H groups in total. The van der Waals surface area contributed by atoms with Crippen LogP contribution >= 0.6 is 0 Å². The van der Waals surface area contributed by atoms with Crippen LogP contribution in [-0.2, 0) is 9.47 Å². The van der Waals surface area contributed by atoms with Crippen molar-refractivity contribution in [1.82, 2.24) is 0 Å². The van der Waals surface area contributed by atoms with Crippen molar-refractivity contribution in [2.75, 3.05) is 19.8 Å². The number of rotatable bonds is 10. The summed E-state index contributed by atoms with van der Waals surface area (Å²) in [5, 5.41) is 0. The van der Waals surface area contributed by atoms with Crippen LogP contribution in [0.25, 0.3) is 0 Å². The number of hydrogen-bond donors (Lipinski definition) is 0. The molecular weight excluding hydrogens is 188 g/mol. The highest BCUT2D eigenvalue weighted by Gasteiger charge is 2.05. The van der Waals surface area contributed by atoms with Crippen molar-refractivity contribution in [3.05, 3.63) is 12.3 Å². The number of unbranched alkanes of at least 4 members (excludes halogenated alkanes) is 1. The lowest BCUT2D eigenvalue weighted by Crippen LogP contribution is -2.12. The zero-order valence-corrected chi connectivity index (χ0v) is 10.6. The van der Waals surface area contributed by atoms with Gasteiger partial charge >= 0.3 is 0 Å². The molecule has 0 rings (SSSR count). The van der Waals surface area contributed by atoms with Crippen molar-refractivity contribution in [1.29, 1.82) is 0 Å². The summed E-state index contributed by atoms with van der Waals surface area (Å²) in [5.74, 6) is 1.48. The van der Waals surface area contributed by atoms with Crippen molar-refractivity contribution in [3.63, 3.8) is 0 Å². The van der Waals surface area contributed by atoms with Crippen LogP contribution in [0, 0.1) is 5.92 Å². The smallest absolute Gasteiger partial charge is 0.111 e. The highest BCUT2D eigenvalue weighted by atomic mass is 16.5. The molecule has 0 fully saturated rings. The van der Waals surface area contributed by atoms with Gasteiger partial charge in [-0.1, -0.05) is 39.7 Å². The summed E-state index contributed by atoms with van der Waals surface area (Å²) in [6.45, 7) is 12.2. The first-order valence-electron chi connectivity index (χ1n) is 6.06. The third-order valence-electron chi connectivity index (χ3n) is 2.47. The maximum Gasteiger partial charge on any atom is 0.111 e. The first-order valence-corrected chi connectivity index (χ1v) is 6.06. The van der Waals surface area contributed by atoms with Gasteiger partial charge in [-0.2, -0.15) is 0 Å². The molecule has 2 nitrogen and oxygen atoms in total. The van der Waals surface area contributed by atoms with Crippen LogP contribution in [0.2, 0.25) is 0 Å². The predicted octanol–water partition coefficient (Wildman–Crippen LogP) is 3.77. The van der Waals surface area contributed by atoms with E-state index in [-0.39, 0.29) is 0 Å². The van der Waals surface area contributed by atoms with E-state index in [1.807, 2.05) is 6.92 Å². The minimum atomic E-state index is 0.625. The first-order chi connectivity index (χ1) is 7.20. The Morgan fingerprint density at radius 1 is 1.27 bits per heavy atom. The zero-order valence-electron chi connectivity index (χ0n) is 10.6. The van der Waals surface area contributed by atoms with E-state index in [1.165, 1.54) is 25.7 Å². The molecule has 90 valence electrons. The molecule has 2 heteroatoms. The molecule has 0 aromatic carbocycles. The Morgan fingerprint density at radius 3 is 2.53 bits per heavy atom. The summed E-state index contributed by atoms with van der Waals surface area (Å²) in [4.78, 5) is 0. The highest BCUT2D eigenvalue weighted by Crippen LogP contribution is 2.12. The van der Waals surface area contributed by atoms with Gasteiger partial charge in [-0.15, -0.1) is 0 Å². The molecule has 0 aromatic rings. The van der Waals surface area contributed by atoms with Crippen LogP contribution in [-0.4, -0.2) is 19.8 Å². The van der Waals surface area contributed by atoms with Crippen LogP contribution in [0.15, 0.2) is 12.3 Å². The van der Waals surface area contributed by atoms with Crippen molar-refractivity contribution in [2.24, 2.45) is 5.92 Å². The van der Waals surface area contributed by atoms with E-state index < -0.39 is 0 Å². The Hall–Kier alpha value is -0.500. The van der Waals surface area contributed by atoms with E-state index in [2.05, 4.69) is 20.4 Å². The summed E-state index contributed by atoms with van der Waals surface area (Å²) in [5.41, 5.74) is 0. The van der Waals surface area contributed by atoms with Crippen molar-refractivity contribution in [2.45, 2.75) is 46.5 Å². The second kappa shape index (κ2) is 10.0. The molecule has 0 aliphatic rings. The van der Waals surface area contributed by atoms with Gasteiger partial charge in [0, 0.05) is 6.61 Å². The molecule has 0 heterocycles. The van der Waals surface area contributed by atoms with E-state index in [4.69, 9.17) is 9.47 Å². The second-order valence-electron chi connectivity index (χ2n) is 4.04. The van der Waals surface area contributed by atoms with Gasteiger partial charge in [-0.3, -0.25) is 0 Å². The van der Waals surface area contributed by atoms with Crippen LogP contribution in [0.4, 0.5) is 0 Å². The molecule has 0 aliphatic carbocycles. The molecule has 0 aromatic heterocycles. The molecule has 0 radical (unpaired) electrons. The van der Waals surface area contributed by atoms with E-state index >= 15 is 0 Å². The number of allylic oxidation sites excluding steroid dienone is 1. The molecule has 1 atom stereocenters. The van der Waals surface area contributed by atoms with Crippen LogP contribution in [0.5, 0.6) is 0 Å². The van der Waals surface area contributed by atoms with E-state index in [0.29, 0.717) is 13.2 Å². The Bertz CT molecular complexity index is 155. The Kier molecular flexibility index (Phi) is 9.70. The normalized spacial score (nSPS) is 12.5. The van der Waals surface area contributed by atoms with Crippen molar-refractivity contribution in [3.8, 4) is 0 Å². The highest BCUT2D eigenvalue weighted by molar-refractivity contribution is 4.73. The van der Waals surface area contributed by atoms with Crippen LogP contribution < -0.4 is 0 Å². The minimum absolute atomic E-state index is 0.625. The topological polar surface area (TPSA) is 18.5 Å².